The molecule has 2 aromatic rings. The van der Waals surface area contributed by atoms with Gasteiger partial charge in [-0.1, -0.05) is 30.3 Å². The molecule has 1 amide bonds. The number of ether oxygens (including phenoxy) is 4. The van der Waals surface area contributed by atoms with Gasteiger partial charge in [-0.15, -0.1) is 0 Å². The predicted octanol–water partition coefficient (Wildman–Crippen LogP) is 2.81. The maximum Gasteiger partial charge on any atom is 0.251 e. The average Bonchev–Trinajstić information content (AvgIpc) is 2.91. The molecule has 0 atom stereocenters. The number of rotatable bonds is 9. The normalized spacial score (nSPS) is 18.6. The number of amides is 1. The van der Waals surface area contributed by atoms with Crippen molar-refractivity contribution in [2.75, 3.05) is 67.2 Å². The van der Waals surface area contributed by atoms with E-state index in [4.69, 9.17) is 18.9 Å². The van der Waals surface area contributed by atoms with E-state index in [9.17, 15) is 4.79 Å². The third-order valence-electron chi connectivity index (χ3n) is 7.12. The molecule has 2 aromatic carbocycles. The number of methoxy groups -OCH3 is 2. The Labute approximate surface area is 208 Å². The van der Waals surface area contributed by atoms with Crippen LogP contribution in [0.15, 0.2) is 42.5 Å². The number of hydrogen-bond acceptors (Lipinski definition) is 7. The summed E-state index contributed by atoms with van der Waals surface area (Å²) in [4.78, 5) is 18.2. The summed E-state index contributed by atoms with van der Waals surface area (Å²) < 4.78 is 22.8. The van der Waals surface area contributed by atoms with Gasteiger partial charge < -0.3 is 29.2 Å². The van der Waals surface area contributed by atoms with Crippen LogP contribution in [-0.2, 0) is 11.3 Å². The Balaban J connectivity index is 1.48. The molecule has 0 aromatic heterocycles. The first-order valence-electron chi connectivity index (χ1n) is 12.3. The average molecular weight is 484 g/mol. The summed E-state index contributed by atoms with van der Waals surface area (Å²) in [6, 6.07) is 13.3. The van der Waals surface area contributed by atoms with Gasteiger partial charge in [-0.2, -0.15) is 0 Å². The quantitative estimate of drug-likeness (QED) is 0.588. The molecule has 2 saturated heterocycles. The minimum atomic E-state index is -0.156. The first-order chi connectivity index (χ1) is 17.0. The second kappa shape index (κ2) is 11.7. The summed E-state index contributed by atoms with van der Waals surface area (Å²) in [5.41, 5.74) is 1.43. The van der Waals surface area contributed by atoms with E-state index in [1.54, 1.807) is 26.4 Å². The maximum absolute atomic E-state index is 13.3. The van der Waals surface area contributed by atoms with Gasteiger partial charge >= 0.3 is 0 Å². The molecule has 8 nitrogen and oxygen atoms in total. The zero-order valence-electron chi connectivity index (χ0n) is 21.0. The molecular formula is C27H37N3O5. The fraction of sp³-hybridized carbons (Fsp3) is 0.519. The zero-order valence-corrected chi connectivity index (χ0v) is 21.0. The van der Waals surface area contributed by atoms with Crippen molar-refractivity contribution >= 4 is 5.91 Å². The van der Waals surface area contributed by atoms with Crippen molar-refractivity contribution in [1.29, 1.82) is 0 Å². The lowest BCUT2D eigenvalue weighted by atomic mass is 9.87. The van der Waals surface area contributed by atoms with Gasteiger partial charge in [-0.25, -0.2) is 0 Å². The number of benzene rings is 2. The molecule has 2 heterocycles. The first kappa shape index (κ1) is 25.3. The molecule has 8 heteroatoms. The number of carbonyl (C=O) groups excluding carboxylic acids is 1. The van der Waals surface area contributed by atoms with Crippen molar-refractivity contribution < 1.29 is 23.7 Å². The van der Waals surface area contributed by atoms with Crippen LogP contribution in [0, 0.1) is 0 Å². The van der Waals surface area contributed by atoms with E-state index in [0.29, 0.717) is 36.0 Å². The highest BCUT2D eigenvalue weighted by Gasteiger charge is 2.39. The van der Waals surface area contributed by atoms with E-state index in [0.717, 1.165) is 57.8 Å². The molecule has 0 spiro atoms. The molecule has 2 aliphatic heterocycles. The molecule has 0 unspecified atom stereocenters. The number of piperazine rings is 1. The van der Waals surface area contributed by atoms with Crippen LogP contribution >= 0.6 is 0 Å². The van der Waals surface area contributed by atoms with Crippen molar-refractivity contribution in [2.45, 2.75) is 25.0 Å². The molecule has 0 bridgehead atoms. The number of likely N-dealkylation sites (N-methyl/N-ethyl adjacent to an activating group) is 1. The number of nitrogens with zero attached hydrogens (tertiary/aromatic N) is 2. The van der Waals surface area contributed by atoms with E-state index in [1.165, 1.54) is 0 Å². The largest absolute Gasteiger partial charge is 0.493 e. The van der Waals surface area contributed by atoms with Gasteiger partial charge in [0.25, 0.3) is 5.91 Å². The fourth-order valence-electron chi connectivity index (χ4n) is 4.87. The van der Waals surface area contributed by atoms with Crippen LogP contribution in [0.2, 0.25) is 0 Å². The molecule has 0 radical (unpaired) electrons. The highest BCUT2D eigenvalue weighted by Crippen LogP contribution is 2.39. The molecule has 190 valence electrons. The van der Waals surface area contributed by atoms with Crippen LogP contribution in [-0.4, -0.2) is 88.5 Å². The van der Waals surface area contributed by atoms with Gasteiger partial charge in [0.05, 0.1) is 14.2 Å². The smallest absolute Gasteiger partial charge is 0.251 e. The van der Waals surface area contributed by atoms with Crippen molar-refractivity contribution in [2.24, 2.45) is 0 Å². The lowest BCUT2D eigenvalue weighted by Crippen LogP contribution is -2.62. The van der Waals surface area contributed by atoms with Crippen molar-refractivity contribution in [3.8, 4) is 17.2 Å². The summed E-state index contributed by atoms with van der Waals surface area (Å²) in [5.74, 6) is 1.25. The lowest BCUT2D eigenvalue weighted by molar-refractivity contribution is -0.0430. The Morgan fingerprint density at radius 1 is 1.00 bits per heavy atom. The van der Waals surface area contributed by atoms with Gasteiger partial charge in [0.2, 0.25) is 5.75 Å². The molecule has 2 fully saturated rings. The molecule has 1 N–H and O–H groups in total. The third kappa shape index (κ3) is 6.07. The number of nitrogens with one attached hydrogen (secondary N) is 1. The minimum absolute atomic E-state index is 0.0813. The molecular weight excluding hydrogens is 446 g/mol. The Morgan fingerprint density at radius 3 is 2.23 bits per heavy atom. The van der Waals surface area contributed by atoms with Crippen LogP contribution in [0.4, 0.5) is 0 Å². The molecule has 0 aliphatic carbocycles. The van der Waals surface area contributed by atoms with Crippen LogP contribution in [0.3, 0.4) is 0 Å². The molecule has 4 rings (SSSR count). The van der Waals surface area contributed by atoms with Crippen LogP contribution in [0.1, 0.15) is 28.8 Å². The second-order valence-electron chi connectivity index (χ2n) is 9.29. The van der Waals surface area contributed by atoms with Crippen LogP contribution < -0.4 is 19.5 Å². The van der Waals surface area contributed by atoms with E-state index in [2.05, 4.69) is 22.2 Å². The van der Waals surface area contributed by atoms with Gasteiger partial charge in [-0.05, 0) is 37.6 Å². The number of hydrogen-bond donors (Lipinski definition) is 1. The Kier molecular flexibility index (Phi) is 8.49. The fourth-order valence-corrected chi connectivity index (χ4v) is 4.87. The highest BCUT2D eigenvalue weighted by atomic mass is 16.5. The van der Waals surface area contributed by atoms with Crippen molar-refractivity contribution in [1.82, 2.24) is 15.1 Å². The van der Waals surface area contributed by atoms with E-state index < -0.39 is 0 Å². The molecule has 35 heavy (non-hydrogen) atoms. The maximum atomic E-state index is 13.3. The van der Waals surface area contributed by atoms with Gasteiger partial charge in [0.15, 0.2) is 11.5 Å². The topological polar surface area (TPSA) is 72.5 Å². The predicted molar refractivity (Wildman–Crippen MR) is 135 cm³/mol. The van der Waals surface area contributed by atoms with Crippen molar-refractivity contribution in [3.63, 3.8) is 0 Å². The highest BCUT2D eigenvalue weighted by molar-refractivity contribution is 5.95. The van der Waals surface area contributed by atoms with Gasteiger partial charge in [0.1, 0.15) is 6.61 Å². The van der Waals surface area contributed by atoms with Crippen molar-refractivity contribution in [3.05, 3.63) is 53.6 Å². The summed E-state index contributed by atoms with van der Waals surface area (Å²) >= 11 is 0. The monoisotopic (exact) mass is 483 g/mol. The summed E-state index contributed by atoms with van der Waals surface area (Å²) in [7, 11) is 5.29. The summed E-state index contributed by atoms with van der Waals surface area (Å²) in [6.07, 6.45) is 1.83. The SMILES string of the molecule is COc1cc(C(=O)NCC2(N3CCN(C)CC3)CCOCC2)cc(OC)c1OCc1ccccc1. The Morgan fingerprint density at radius 2 is 1.63 bits per heavy atom. The van der Waals surface area contributed by atoms with Crippen LogP contribution in [0.5, 0.6) is 17.2 Å². The van der Waals surface area contributed by atoms with E-state index >= 15 is 0 Å². The lowest BCUT2D eigenvalue weighted by Gasteiger charge is -2.49. The second-order valence-corrected chi connectivity index (χ2v) is 9.29. The summed E-state index contributed by atoms with van der Waals surface area (Å²) in [5, 5.41) is 3.20. The van der Waals surface area contributed by atoms with Gasteiger partial charge in [0, 0.05) is 57.0 Å². The molecule has 0 saturated carbocycles. The molecule has 2 aliphatic rings. The Hall–Kier alpha value is -2.81. The number of carbonyl (C=O) groups is 1. The van der Waals surface area contributed by atoms with E-state index in [1.807, 2.05) is 30.3 Å². The first-order valence-corrected chi connectivity index (χ1v) is 12.3. The van der Waals surface area contributed by atoms with E-state index in [-0.39, 0.29) is 11.4 Å². The van der Waals surface area contributed by atoms with Crippen LogP contribution in [0.25, 0.3) is 0 Å². The standard InChI is InChI=1S/C27H37N3O5/c1-29-11-13-30(14-12-29)27(9-15-34-16-10-27)20-28-26(31)22-17-23(32-2)25(24(18-22)33-3)35-19-21-7-5-4-6-8-21/h4-8,17-18H,9-16,19-20H2,1-3H3,(H,28,31). The summed E-state index contributed by atoms with van der Waals surface area (Å²) in [6.45, 7) is 6.47. The minimum Gasteiger partial charge on any atom is -0.493 e. The zero-order chi connectivity index (χ0) is 24.7. The third-order valence-corrected chi connectivity index (χ3v) is 7.12. The van der Waals surface area contributed by atoms with Gasteiger partial charge in [-0.3, -0.25) is 9.69 Å². The Bertz CT molecular complexity index is 945.